The van der Waals surface area contributed by atoms with E-state index >= 15 is 0 Å². The predicted molar refractivity (Wildman–Crippen MR) is 52.7 cm³/mol. The maximum atomic E-state index is 11.4. The molecule has 3 rings (SSSR count). The van der Waals surface area contributed by atoms with E-state index in [2.05, 4.69) is 9.05 Å². The summed E-state index contributed by atoms with van der Waals surface area (Å²) in [6, 6.07) is 0. The van der Waals surface area contributed by atoms with Crippen LogP contribution in [0.2, 0.25) is 0 Å². The molecule has 3 heterocycles. The molecule has 1 atom stereocenters. The second-order valence-corrected chi connectivity index (χ2v) is 5.04. The van der Waals surface area contributed by atoms with Crippen LogP contribution in [0.4, 0.5) is 0 Å². The molecule has 2 bridgehead atoms. The van der Waals surface area contributed by atoms with Gasteiger partial charge in [0.15, 0.2) is 0 Å². The van der Waals surface area contributed by atoms with E-state index in [4.69, 9.17) is 19.1 Å². The van der Waals surface area contributed by atoms with Gasteiger partial charge in [-0.3, -0.25) is 0 Å². The summed E-state index contributed by atoms with van der Waals surface area (Å²) in [5, 5.41) is 18.3. The van der Waals surface area contributed by atoms with Crippen LogP contribution in [0.15, 0.2) is 0 Å². The maximum Gasteiger partial charge on any atom is 0.486 e. The fraction of sp³-hybridized carbons (Fsp3) is 1.00. The molecule has 0 radical (unpaired) electrons. The van der Waals surface area contributed by atoms with Gasteiger partial charge in [-0.15, -0.1) is 0 Å². The molecule has 8 nitrogen and oxygen atoms in total. The molecule has 0 aromatic rings. The highest BCUT2D eigenvalue weighted by molar-refractivity contribution is 7.50. The molecular weight excluding hydrogens is 255 g/mol. The van der Waals surface area contributed by atoms with Crippen LogP contribution >= 0.6 is 7.82 Å². The molecule has 0 aliphatic carbocycles. The van der Waals surface area contributed by atoms with Gasteiger partial charge in [0, 0.05) is 6.42 Å². The minimum atomic E-state index is -3.62. The average molecular weight is 270 g/mol. The van der Waals surface area contributed by atoms with Crippen LogP contribution in [-0.2, 0) is 27.6 Å². The minimum Gasteiger partial charge on any atom is -0.394 e. The Morgan fingerprint density at radius 1 is 1.24 bits per heavy atom. The summed E-state index contributed by atoms with van der Waals surface area (Å²) in [6.45, 7) is 2.07. The van der Waals surface area contributed by atoms with Crippen molar-refractivity contribution >= 4 is 7.82 Å². The summed E-state index contributed by atoms with van der Waals surface area (Å²) >= 11 is 0. The zero-order valence-corrected chi connectivity index (χ0v) is 10.2. The summed E-state index contributed by atoms with van der Waals surface area (Å²) in [5.74, 6) is -3.68. The maximum absolute atomic E-state index is 11.4. The molecule has 0 aromatic heterocycles. The Kier molecular flexibility index (Phi) is 3.59. The first-order chi connectivity index (χ1) is 7.99. The Bertz CT molecular complexity index is 323. The van der Waals surface area contributed by atoms with E-state index < -0.39 is 19.6 Å². The fourth-order valence-electron chi connectivity index (χ4n) is 1.66. The fourth-order valence-corrected chi connectivity index (χ4v) is 3.30. The van der Waals surface area contributed by atoms with Crippen LogP contribution in [0.1, 0.15) is 13.3 Å². The van der Waals surface area contributed by atoms with E-state index in [0.29, 0.717) is 0 Å². The summed E-state index contributed by atoms with van der Waals surface area (Å²) < 4.78 is 36.1. The zero-order chi connectivity index (χ0) is 12.6. The lowest BCUT2D eigenvalue weighted by molar-refractivity contribution is -0.403. The number of aliphatic hydroxyl groups is 2. The van der Waals surface area contributed by atoms with Crippen LogP contribution in [-0.4, -0.2) is 48.4 Å². The van der Waals surface area contributed by atoms with E-state index in [1.807, 2.05) is 0 Å². The van der Waals surface area contributed by atoms with Gasteiger partial charge in [0.05, 0.1) is 26.4 Å². The molecule has 3 fully saturated rings. The first-order valence-corrected chi connectivity index (χ1v) is 6.72. The zero-order valence-electron chi connectivity index (χ0n) is 9.33. The van der Waals surface area contributed by atoms with Gasteiger partial charge in [0.2, 0.25) is 0 Å². The first kappa shape index (κ1) is 13.4. The van der Waals surface area contributed by atoms with Gasteiger partial charge in [-0.2, -0.15) is 0 Å². The van der Waals surface area contributed by atoms with E-state index in [1.54, 1.807) is 6.92 Å². The van der Waals surface area contributed by atoms with E-state index in [1.165, 1.54) is 0 Å². The highest BCUT2D eigenvalue weighted by Crippen LogP contribution is 2.77. The Hall–Kier alpha value is -0.0500. The van der Waals surface area contributed by atoms with Gasteiger partial charge < -0.3 is 19.7 Å². The summed E-state index contributed by atoms with van der Waals surface area (Å²) in [4.78, 5) is 0. The summed E-state index contributed by atoms with van der Waals surface area (Å²) in [5.41, 5.74) is 0. The molecule has 3 aliphatic rings. The lowest BCUT2D eigenvalue weighted by atomic mass is 10.1. The summed E-state index contributed by atoms with van der Waals surface area (Å²) in [6.07, 6.45) is 0.202. The number of phosphoric acid groups is 1. The van der Waals surface area contributed by atoms with Gasteiger partial charge in [0.1, 0.15) is 0 Å². The van der Waals surface area contributed by atoms with Crippen LogP contribution in [0.5, 0.6) is 0 Å². The Balaban J connectivity index is 1.87. The van der Waals surface area contributed by atoms with Gasteiger partial charge in [-0.1, -0.05) is 6.92 Å². The molecule has 100 valence electrons. The van der Waals surface area contributed by atoms with Gasteiger partial charge >= 0.3 is 13.8 Å². The number of phosphoric ester groups is 1. The molecule has 0 aromatic carbocycles. The molecule has 9 heteroatoms. The van der Waals surface area contributed by atoms with Crippen molar-refractivity contribution in [3.8, 4) is 0 Å². The Morgan fingerprint density at radius 3 is 2.41 bits per heavy atom. The van der Waals surface area contributed by atoms with Crippen molar-refractivity contribution in [1.29, 1.82) is 0 Å². The standard InChI is InChI=1S/C8H15O8P/c1-2-7(13-6-5-12-4-3-9)8(10)15-17(11,14-7)16-8/h9-10H,2-6H2,1H3. The van der Waals surface area contributed by atoms with Crippen molar-refractivity contribution < 1.29 is 37.8 Å². The highest BCUT2D eigenvalue weighted by Gasteiger charge is 2.80. The number of aliphatic hydroxyl groups excluding tert-OH is 1. The molecule has 0 saturated carbocycles. The van der Waals surface area contributed by atoms with Gasteiger partial charge in [-0.25, -0.2) is 18.1 Å². The van der Waals surface area contributed by atoms with Gasteiger partial charge in [0.25, 0.3) is 5.79 Å². The SMILES string of the molecule is CCC1(OCCOCCO)OP2(=O)OC1(O)O2. The number of rotatable bonds is 7. The quantitative estimate of drug-likeness (QED) is 0.490. The molecule has 0 amide bonds. The largest absolute Gasteiger partial charge is 0.486 e. The van der Waals surface area contributed by atoms with Crippen molar-refractivity contribution in [2.45, 2.75) is 25.1 Å². The van der Waals surface area contributed by atoms with E-state index in [0.717, 1.165) is 0 Å². The van der Waals surface area contributed by atoms with Crippen molar-refractivity contribution in [3.63, 3.8) is 0 Å². The molecule has 1 unspecified atom stereocenters. The number of ether oxygens (including phenoxy) is 2. The van der Waals surface area contributed by atoms with Crippen LogP contribution in [0.3, 0.4) is 0 Å². The highest BCUT2D eigenvalue weighted by atomic mass is 31.2. The molecule has 17 heavy (non-hydrogen) atoms. The van der Waals surface area contributed by atoms with Crippen molar-refractivity contribution in [2.75, 3.05) is 26.4 Å². The van der Waals surface area contributed by atoms with Gasteiger partial charge in [-0.05, 0) is 0 Å². The third kappa shape index (κ3) is 2.16. The van der Waals surface area contributed by atoms with Crippen molar-refractivity contribution in [1.82, 2.24) is 0 Å². The van der Waals surface area contributed by atoms with Crippen LogP contribution in [0.25, 0.3) is 0 Å². The molecule has 2 N–H and O–H groups in total. The third-order valence-corrected chi connectivity index (χ3v) is 3.94. The van der Waals surface area contributed by atoms with E-state index in [9.17, 15) is 9.67 Å². The smallest absolute Gasteiger partial charge is 0.394 e. The van der Waals surface area contributed by atoms with Crippen molar-refractivity contribution in [2.24, 2.45) is 0 Å². The lowest BCUT2D eigenvalue weighted by Crippen LogP contribution is -2.55. The normalized spacial score (nSPS) is 43.7. The first-order valence-electron chi connectivity index (χ1n) is 5.26. The average Bonchev–Trinajstić information content (AvgIpc) is 2.59. The Morgan fingerprint density at radius 2 is 1.94 bits per heavy atom. The number of hydrogen-bond acceptors (Lipinski definition) is 8. The number of hydrogen-bond donors (Lipinski definition) is 2. The Labute approximate surface area is 98.0 Å². The molecule has 3 saturated heterocycles. The predicted octanol–water partition coefficient (Wildman–Crippen LogP) is -0.0506. The topological polar surface area (TPSA) is 104 Å². The monoisotopic (exact) mass is 270 g/mol. The van der Waals surface area contributed by atoms with Crippen molar-refractivity contribution in [3.05, 3.63) is 0 Å². The lowest BCUT2D eigenvalue weighted by Gasteiger charge is -2.35. The van der Waals surface area contributed by atoms with Crippen LogP contribution in [0, 0.1) is 0 Å². The minimum absolute atomic E-state index is 0.0826. The summed E-state index contributed by atoms with van der Waals surface area (Å²) in [7, 11) is -3.62. The number of fused-ring (bicyclic) bond motifs is 1. The second-order valence-electron chi connectivity index (χ2n) is 3.59. The molecule has 3 aliphatic heterocycles. The molecule has 0 spiro atoms. The van der Waals surface area contributed by atoms with E-state index in [-0.39, 0.29) is 32.8 Å². The second kappa shape index (κ2) is 4.56. The van der Waals surface area contributed by atoms with Crippen LogP contribution < -0.4 is 0 Å². The molecular formula is C8H15O8P. The third-order valence-electron chi connectivity index (χ3n) is 2.48.